The van der Waals surface area contributed by atoms with Crippen molar-refractivity contribution in [2.75, 3.05) is 0 Å². The number of hydrogen-bond acceptors (Lipinski definition) is 3. The number of aromatic carboxylic acids is 1. The highest BCUT2D eigenvalue weighted by Crippen LogP contribution is 2.06. The molecule has 10 heavy (non-hydrogen) atoms. The summed E-state index contributed by atoms with van der Waals surface area (Å²) >= 11 is 0.847. The summed E-state index contributed by atoms with van der Waals surface area (Å²) in [6, 6.07) is 0. The Kier molecular flexibility index (Phi) is 1.58. The van der Waals surface area contributed by atoms with Crippen LogP contribution in [0, 0.1) is 6.92 Å². The fraction of sp³-hybridized carbons (Fsp3) is 0.200. The summed E-state index contributed by atoms with van der Waals surface area (Å²) in [5.41, 5.74) is -0.0418. The second kappa shape index (κ2) is 2.26. The van der Waals surface area contributed by atoms with Gasteiger partial charge in [0.1, 0.15) is 4.88 Å². The lowest BCUT2D eigenvalue weighted by Gasteiger charge is -1.83. The third kappa shape index (κ3) is 0.950. The number of hydrogen-bond donors (Lipinski definition) is 2. The molecule has 0 aromatic carbocycles. The molecule has 0 fully saturated rings. The summed E-state index contributed by atoms with van der Waals surface area (Å²) in [6.45, 7) is 1.48. The van der Waals surface area contributed by atoms with Crippen molar-refractivity contribution in [2.24, 2.45) is 0 Å². The van der Waals surface area contributed by atoms with Gasteiger partial charge in [0, 0.05) is 5.56 Å². The van der Waals surface area contributed by atoms with E-state index in [0.717, 1.165) is 11.5 Å². The van der Waals surface area contributed by atoms with Gasteiger partial charge in [0.05, 0.1) is 0 Å². The maximum atomic E-state index is 10.6. The second-order valence-corrected chi connectivity index (χ2v) is 2.61. The molecule has 4 nitrogen and oxygen atoms in total. The fourth-order valence-electron chi connectivity index (χ4n) is 0.558. The van der Waals surface area contributed by atoms with Gasteiger partial charge in [-0.15, -0.1) is 0 Å². The number of aromatic amines is 1. The van der Waals surface area contributed by atoms with Crippen LogP contribution in [0.3, 0.4) is 0 Å². The molecule has 0 aliphatic rings. The van der Waals surface area contributed by atoms with Gasteiger partial charge in [0.2, 0.25) is 0 Å². The normalized spacial score (nSPS) is 9.70. The predicted molar refractivity (Wildman–Crippen MR) is 36.6 cm³/mol. The van der Waals surface area contributed by atoms with E-state index in [1.807, 2.05) is 0 Å². The average Bonchev–Trinajstić information content (AvgIpc) is 2.14. The zero-order valence-corrected chi connectivity index (χ0v) is 5.99. The summed E-state index contributed by atoms with van der Waals surface area (Å²) in [7, 11) is 0. The molecule has 0 spiro atoms. The molecule has 1 aromatic rings. The van der Waals surface area contributed by atoms with E-state index in [-0.39, 0.29) is 16.0 Å². The Morgan fingerprint density at radius 2 is 2.30 bits per heavy atom. The van der Waals surface area contributed by atoms with Gasteiger partial charge in [-0.3, -0.25) is 9.17 Å². The minimum atomic E-state index is -1.05. The molecule has 0 aliphatic heterocycles. The molecule has 0 radical (unpaired) electrons. The first-order valence-corrected chi connectivity index (χ1v) is 3.36. The van der Waals surface area contributed by atoms with Crippen LogP contribution in [-0.4, -0.2) is 15.4 Å². The molecule has 0 saturated carbocycles. The quantitative estimate of drug-likeness (QED) is 0.624. The van der Waals surface area contributed by atoms with Crippen LogP contribution in [0.4, 0.5) is 0 Å². The summed E-state index contributed by atoms with van der Waals surface area (Å²) in [5.74, 6) is -1.05. The number of carbonyl (C=O) groups is 1. The predicted octanol–water partition coefficient (Wildman–Crippen LogP) is 0.443. The average molecular weight is 159 g/mol. The molecule has 54 valence electrons. The lowest BCUT2D eigenvalue weighted by atomic mass is 10.3. The summed E-state index contributed by atoms with van der Waals surface area (Å²) in [6.07, 6.45) is 0. The van der Waals surface area contributed by atoms with Crippen LogP contribution in [0.1, 0.15) is 15.2 Å². The van der Waals surface area contributed by atoms with Gasteiger partial charge in [-0.1, -0.05) is 11.5 Å². The molecule has 0 amide bonds. The number of H-pyrrole nitrogens is 1. The molecular formula is C5H5NO3S. The van der Waals surface area contributed by atoms with E-state index in [1.54, 1.807) is 0 Å². The lowest BCUT2D eigenvalue weighted by Crippen LogP contribution is -2.04. The molecule has 0 unspecified atom stereocenters. The lowest BCUT2D eigenvalue weighted by molar-refractivity contribution is 0.0701. The Morgan fingerprint density at radius 1 is 1.70 bits per heavy atom. The molecule has 5 heteroatoms. The van der Waals surface area contributed by atoms with E-state index < -0.39 is 5.97 Å². The molecule has 2 N–H and O–H groups in total. The van der Waals surface area contributed by atoms with E-state index in [4.69, 9.17) is 5.11 Å². The summed E-state index contributed by atoms with van der Waals surface area (Å²) in [5, 5.41) is 8.43. The SMILES string of the molecule is Cc1c(C(=O)O)s[nH]c1=O. The molecule has 0 bridgehead atoms. The van der Waals surface area contributed by atoms with Crippen LogP contribution < -0.4 is 5.56 Å². The first kappa shape index (κ1) is 7.01. The fourth-order valence-corrected chi connectivity index (χ4v) is 1.24. The van der Waals surface area contributed by atoms with E-state index in [0.29, 0.717) is 0 Å². The van der Waals surface area contributed by atoms with Crippen LogP contribution in [0.2, 0.25) is 0 Å². The molecule has 0 aliphatic carbocycles. The highest BCUT2D eigenvalue weighted by Gasteiger charge is 2.11. The molecule has 1 heterocycles. The Hall–Kier alpha value is -1.10. The number of rotatable bonds is 1. The third-order valence-electron chi connectivity index (χ3n) is 1.12. The minimum Gasteiger partial charge on any atom is -0.477 e. The molecule has 1 aromatic heterocycles. The van der Waals surface area contributed by atoms with Gasteiger partial charge in [-0.25, -0.2) is 4.79 Å². The summed E-state index contributed by atoms with van der Waals surface area (Å²) in [4.78, 5) is 21.0. The zero-order valence-electron chi connectivity index (χ0n) is 5.17. The first-order valence-electron chi connectivity index (χ1n) is 2.54. The van der Waals surface area contributed by atoms with Gasteiger partial charge in [-0.2, -0.15) is 0 Å². The summed E-state index contributed by atoms with van der Waals surface area (Å²) < 4.78 is 2.32. The first-order chi connectivity index (χ1) is 4.63. The van der Waals surface area contributed by atoms with Crippen LogP contribution in [0.15, 0.2) is 4.79 Å². The molecular weight excluding hydrogens is 154 g/mol. The zero-order chi connectivity index (χ0) is 7.72. The molecule has 1 rings (SSSR count). The van der Waals surface area contributed by atoms with E-state index in [2.05, 4.69) is 4.37 Å². The van der Waals surface area contributed by atoms with Crippen molar-refractivity contribution < 1.29 is 9.90 Å². The molecule has 0 saturated heterocycles. The number of carboxylic acid groups (broad SMARTS) is 1. The van der Waals surface area contributed by atoms with E-state index in [1.165, 1.54) is 6.92 Å². The third-order valence-corrected chi connectivity index (χ3v) is 2.09. The Morgan fingerprint density at radius 3 is 2.50 bits per heavy atom. The second-order valence-electron chi connectivity index (χ2n) is 1.79. The standard InChI is InChI=1S/C5H5NO3S/c1-2-3(5(8)9)10-6-4(2)7/h1H3,(H,6,7)(H,8,9). The van der Waals surface area contributed by atoms with Crippen molar-refractivity contribution in [1.29, 1.82) is 0 Å². The Balaban J connectivity index is 3.31. The largest absolute Gasteiger partial charge is 0.477 e. The van der Waals surface area contributed by atoms with Gasteiger partial charge in [-0.05, 0) is 6.92 Å². The molecule has 0 atom stereocenters. The van der Waals surface area contributed by atoms with Crippen molar-refractivity contribution in [1.82, 2.24) is 4.37 Å². The van der Waals surface area contributed by atoms with Crippen molar-refractivity contribution in [3.05, 3.63) is 20.8 Å². The maximum absolute atomic E-state index is 10.6. The van der Waals surface area contributed by atoms with Crippen LogP contribution in [0.25, 0.3) is 0 Å². The van der Waals surface area contributed by atoms with Crippen LogP contribution >= 0.6 is 11.5 Å². The smallest absolute Gasteiger partial charge is 0.347 e. The highest BCUT2D eigenvalue weighted by molar-refractivity contribution is 7.08. The highest BCUT2D eigenvalue weighted by atomic mass is 32.1. The minimum absolute atomic E-state index is 0.0880. The van der Waals surface area contributed by atoms with E-state index >= 15 is 0 Å². The van der Waals surface area contributed by atoms with Crippen molar-refractivity contribution in [2.45, 2.75) is 6.92 Å². The van der Waals surface area contributed by atoms with Crippen molar-refractivity contribution in [3.63, 3.8) is 0 Å². The monoisotopic (exact) mass is 159 g/mol. The van der Waals surface area contributed by atoms with Crippen LogP contribution in [-0.2, 0) is 0 Å². The Bertz CT molecular complexity index is 311. The van der Waals surface area contributed by atoms with Gasteiger partial charge in [0.15, 0.2) is 0 Å². The van der Waals surface area contributed by atoms with Gasteiger partial charge in [0.25, 0.3) is 5.56 Å². The van der Waals surface area contributed by atoms with Gasteiger partial charge >= 0.3 is 5.97 Å². The Labute approximate surface area is 60.3 Å². The topological polar surface area (TPSA) is 70.2 Å². The van der Waals surface area contributed by atoms with Crippen LogP contribution in [0.5, 0.6) is 0 Å². The van der Waals surface area contributed by atoms with Crippen molar-refractivity contribution in [3.8, 4) is 0 Å². The van der Waals surface area contributed by atoms with E-state index in [9.17, 15) is 9.59 Å². The number of aromatic nitrogens is 1. The van der Waals surface area contributed by atoms with Crippen molar-refractivity contribution >= 4 is 17.5 Å². The van der Waals surface area contributed by atoms with Gasteiger partial charge < -0.3 is 5.11 Å². The number of carboxylic acids is 1. The number of nitrogens with one attached hydrogen (secondary N) is 1. The maximum Gasteiger partial charge on any atom is 0.347 e.